The van der Waals surface area contributed by atoms with Crippen LogP contribution < -0.4 is 0 Å². The van der Waals surface area contributed by atoms with Gasteiger partial charge < -0.3 is 10.2 Å². The lowest BCUT2D eigenvalue weighted by Gasteiger charge is -2.56. The van der Waals surface area contributed by atoms with E-state index in [1.165, 1.54) is 36.1 Å². The Hall–Kier alpha value is -0.640. The second kappa shape index (κ2) is 7.31. The number of rotatable bonds is 4. The molecular weight excluding hydrogens is 352 g/mol. The van der Waals surface area contributed by atoms with Crippen molar-refractivity contribution in [2.75, 3.05) is 13.2 Å². The molecule has 2 nitrogen and oxygen atoms in total. The van der Waals surface area contributed by atoms with E-state index in [0.29, 0.717) is 36.9 Å². The van der Waals surface area contributed by atoms with Gasteiger partial charge in [0.15, 0.2) is 0 Å². The first-order valence-corrected chi connectivity index (χ1v) is 11.8. The van der Waals surface area contributed by atoms with Gasteiger partial charge in [-0.2, -0.15) is 0 Å². The van der Waals surface area contributed by atoms with Crippen LogP contribution in [0.15, 0.2) is 23.6 Å². The van der Waals surface area contributed by atoms with E-state index >= 15 is 0 Å². The molecule has 0 saturated heterocycles. The van der Waals surface area contributed by atoms with Crippen molar-refractivity contribution in [3.8, 4) is 0 Å². The smallest absolute Gasteiger partial charge is 0.0465 e. The van der Waals surface area contributed by atoms with Gasteiger partial charge in [-0.25, -0.2) is 0 Å². The van der Waals surface area contributed by atoms with Crippen molar-refractivity contribution in [1.82, 2.24) is 0 Å². The number of fused-ring (bicyclic) bond motifs is 1. The van der Waals surface area contributed by atoms with E-state index in [0.717, 1.165) is 18.8 Å². The van der Waals surface area contributed by atoms with Crippen LogP contribution in [0, 0.1) is 40.4 Å². The highest BCUT2D eigenvalue weighted by atomic mass is 32.1. The van der Waals surface area contributed by atoms with Crippen molar-refractivity contribution in [2.45, 2.75) is 59.3 Å². The minimum absolute atomic E-state index is 0.168. The zero-order valence-electron chi connectivity index (χ0n) is 17.2. The third-order valence-corrected chi connectivity index (χ3v) is 9.78. The summed E-state index contributed by atoms with van der Waals surface area (Å²) in [6, 6.07) is 4.42. The molecule has 2 N–H and O–H groups in total. The summed E-state index contributed by atoms with van der Waals surface area (Å²) in [5.41, 5.74) is 1.89. The maximum Gasteiger partial charge on any atom is 0.0465 e. The molecule has 1 aromatic heterocycles. The van der Waals surface area contributed by atoms with E-state index in [9.17, 15) is 10.2 Å². The van der Waals surface area contributed by atoms with Crippen molar-refractivity contribution in [3.05, 3.63) is 28.5 Å². The Balaban J connectivity index is 1.62. The largest absolute Gasteiger partial charge is 0.396 e. The summed E-state index contributed by atoms with van der Waals surface area (Å²) in [7, 11) is 0. The monoisotopic (exact) mass is 388 g/mol. The van der Waals surface area contributed by atoms with Gasteiger partial charge in [0.2, 0.25) is 0 Å². The fraction of sp³-hybridized carbons (Fsp3) is 0.750. The Morgan fingerprint density at radius 1 is 1.11 bits per heavy atom. The summed E-state index contributed by atoms with van der Waals surface area (Å²) in [6.07, 6.45) is 9.58. The summed E-state index contributed by atoms with van der Waals surface area (Å²) < 4.78 is 0. The van der Waals surface area contributed by atoms with Gasteiger partial charge in [-0.3, -0.25) is 0 Å². The lowest BCUT2D eigenvalue weighted by Crippen LogP contribution is -2.51. The Morgan fingerprint density at radius 3 is 2.59 bits per heavy atom. The molecule has 3 aliphatic rings. The third-order valence-electron chi connectivity index (χ3n) is 8.88. The van der Waals surface area contributed by atoms with E-state index in [1.807, 2.05) is 11.3 Å². The normalized spacial score (nSPS) is 44.8. The van der Waals surface area contributed by atoms with E-state index in [-0.39, 0.29) is 10.8 Å². The summed E-state index contributed by atoms with van der Waals surface area (Å²) >= 11 is 1.85. The molecule has 2 saturated carbocycles. The lowest BCUT2D eigenvalue weighted by atomic mass is 9.48. The molecule has 0 spiro atoms. The summed E-state index contributed by atoms with van der Waals surface area (Å²) in [4.78, 5) is 1.42. The predicted octanol–water partition coefficient (Wildman–Crippen LogP) is 5.61. The molecule has 27 heavy (non-hydrogen) atoms. The highest BCUT2D eigenvalue weighted by Gasteiger charge is 2.56. The van der Waals surface area contributed by atoms with Crippen molar-refractivity contribution in [2.24, 2.45) is 40.4 Å². The van der Waals surface area contributed by atoms with E-state index < -0.39 is 0 Å². The Kier molecular flexibility index (Phi) is 5.33. The Labute approximate surface area is 168 Å². The maximum absolute atomic E-state index is 10.5. The SMILES string of the molecule is C[C@H]1CC[C@](C)([C@H]2CC[C@]3(C)C(c4cccs4)=CC[C@H]3[C@@H]2CO)[C@@H](CO)C1. The first-order chi connectivity index (χ1) is 12.9. The number of hydrogen-bond donors (Lipinski definition) is 2. The molecule has 0 aromatic carbocycles. The molecule has 1 heterocycles. The van der Waals surface area contributed by atoms with Crippen LogP contribution in [-0.2, 0) is 0 Å². The topological polar surface area (TPSA) is 40.5 Å². The quantitative estimate of drug-likeness (QED) is 0.704. The van der Waals surface area contributed by atoms with E-state index in [1.54, 1.807) is 0 Å². The number of aliphatic hydroxyl groups is 2. The molecule has 7 atom stereocenters. The van der Waals surface area contributed by atoms with Crippen molar-refractivity contribution in [3.63, 3.8) is 0 Å². The standard InChI is InChI=1S/C24H36O2S/c1-16-8-10-23(2,17(13-16)14-25)20-9-11-24(3)19(18(20)15-26)6-7-21(24)22-5-4-12-27-22/h4-5,7,12,16-20,25-26H,6,8-11,13-15H2,1-3H3/t16-,17+,18-,19-,20-,23-,24-/m0/s1. The minimum atomic E-state index is 0.168. The first-order valence-electron chi connectivity index (χ1n) is 10.9. The molecule has 0 radical (unpaired) electrons. The van der Waals surface area contributed by atoms with Crippen LogP contribution in [0.3, 0.4) is 0 Å². The van der Waals surface area contributed by atoms with Gasteiger partial charge in [0, 0.05) is 18.1 Å². The molecule has 4 rings (SSSR count). The number of aliphatic hydroxyl groups excluding tert-OH is 2. The Morgan fingerprint density at radius 2 is 1.93 bits per heavy atom. The van der Waals surface area contributed by atoms with Crippen LogP contribution in [0.1, 0.15) is 64.2 Å². The fourth-order valence-electron chi connectivity index (χ4n) is 7.15. The second-order valence-corrected chi connectivity index (χ2v) is 11.1. The van der Waals surface area contributed by atoms with Gasteiger partial charge in [-0.15, -0.1) is 11.3 Å². The summed E-state index contributed by atoms with van der Waals surface area (Å²) in [5, 5.41) is 22.9. The fourth-order valence-corrected chi connectivity index (χ4v) is 8.05. The van der Waals surface area contributed by atoms with Gasteiger partial charge >= 0.3 is 0 Å². The van der Waals surface area contributed by atoms with Gasteiger partial charge in [0.1, 0.15) is 0 Å². The molecule has 0 unspecified atom stereocenters. The van der Waals surface area contributed by atoms with Crippen LogP contribution >= 0.6 is 11.3 Å². The molecule has 3 aliphatic carbocycles. The van der Waals surface area contributed by atoms with Gasteiger partial charge in [-0.05, 0) is 89.5 Å². The molecule has 2 fully saturated rings. The minimum Gasteiger partial charge on any atom is -0.396 e. The highest BCUT2D eigenvalue weighted by Crippen LogP contribution is 2.64. The average molecular weight is 389 g/mol. The van der Waals surface area contributed by atoms with Crippen LogP contribution in [0.4, 0.5) is 0 Å². The molecular formula is C24H36O2S. The van der Waals surface area contributed by atoms with Gasteiger partial charge in [0.25, 0.3) is 0 Å². The second-order valence-electron chi connectivity index (χ2n) is 10.1. The van der Waals surface area contributed by atoms with Crippen molar-refractivity contribution < 1.29 is 10.2 Å². The predicted molar refractivity (Wildman–Crippen MR) is 114 cm³/mol. The summed E-state index contributed by atoms with van der Waals surface area (Å²) in [6.45, 7) is 7.80. The zero-order chi connectivity index (χ0) is 19.2. The summed E-state index contributed by atoms with van der Waals surface area (Å²) in [5.74, 6) is 2.52. The highest BCUT2D eigenvalue weighted by molar-refractivity contribution is 7.11. The van der Waals surface area contributed by atoms with Crippen molar-refractivity contribution >= 4 is 16.9 Å². The lowest BCUT2D eigenvalue weighted by molar-refractivity contribution is -0.0910. The molecule has 3 heteroatoms. The Bertz CT molecular complexity index is 681. The van der Waals surface area contributed by atoms with Crippen LogP contribution in [0.25, 0.3) is 5.57 Å². The first kappa shape index (κ1) is 19.7. The average Bonchev–Trinajstić information content (AvgIpc) is 3.29. The molecule has 150 valence electrons. The van der Waals surface area contributed by atoms with Gasteiger partial charge in [0.05, 0.1) is 0 Å². The van der Waals surface area contributed by atoms with Crippen LogP contribution in [-0.4, -0.2) is 23.4 Å². The molecule has 0 amide bonds. The van der Waals surface area contributed by atoms with Crippen molar-refractivity contribution in [1.29, 1.82) is 0 Å². The zero-order valence-corrected chi connectivity index (χ0v) is 18.0. The number of hydrogen-bond acceptors (Lipinski definition) is 3. The van der Waals surface area contributed by atoms with Crippen LogP contribution in [0.5, 0.6) is 0 Å². The molecule has 0 bridgehead atoms. The van der Waals surface area contributed by atoms with Crippen LogP contribution in [0.2, 0.25) is 0 Å². The maximum atomic E-state index is 10.5. The number of allylic oxidation sites excluding steroid dienone is 2. The molecule has 1 aromatic rings. The molecule has 0 aliphatic heterocycles. The van der Waals surface area contributed by atoms with E-state index in [2.05, 4.69) is 44.4 Å². The van der Waals surface area contributed by atoms with E-state index in [4.69, 9.17) is 0 Å². The number of thiophene rings is 1. The van der Waals surface area contributed by atoms with Gasteiger partial charge in [-0.1, -0.05) is 39.3 Å². The third kappa shape index (κ3) is 3.05.